The van der Waals surface area contributed by atoms with Gasteiger partial charge < -0.3 is 9.30 Å². The Morgan fingerprint density at radius 1 is 1.00 bits per heavy atom. The molecule has 0 amide bonds. The highest BCUT2D eigenvalue weighted by atomic mass is 15.1. The fourth-order valence-corrected chi connectivity index (χ4v) is 3.34. The third-order valence-electron chi connectivity index (χ3n) is 4.32. The summed E-state index contributed by atoms with van der Waals surface area (Å²) in [5, 5.41) is 0. The lowest BCUT2D eigenvalue weighted by atomic mass is 9.85. The summed E-state index contributed by atoms with van der Waals surface area (Å²) < 4.78 is 2.17. The molecule has 0 radical (unpaired) electrons. The smallest absolute Gasteiger partial charge is 0.0452 e. The van der Waals surface area contributed by atoms with Gasteiger partial charge in [0.2, 0.25) is 0 Å². The normalized spacial score (nSPS) is 19.1. The number of likely N-dealkylation sites (N-methyl/N-ethyl adjacent to an activating group) is 1. The Bertz CT molecular complexity index is 757. The van der Waals surface area contributed by atoms with Crippen molar-refractivity contribution in [3.05, 3.63) is 77.6 Å². The van der Waals surface area contributed by atoms with Gasteiger partial charge in [-0.3, -0.25) is 0 Å². The molecule has 1 aromatic carbocycles. The maximum atomic E-state index is 2.41. The molecule has 1 aliphatic rings. The van der Waals surface area contributed by atoms with Crippen molar-refractivity contribution in [2.45, 2.75) is 12.5 Å². The first kappa shape index (κ1) is 11.7. The zero-order chi connectivity index (χ0) is 13.5. The van der Waals surface area contributed by atoms with Crippen LogP contribution in [0.15, 0.2) is 60.9 Å². The Balaban J connectivity index is 1.84. The van der Waals surface area contributed by atoms with E-state index in [1.54, 1.807) is 0 Å². The zero-order valence-corrected chi connectivity index (χ0v) is 11.7. The average Bonchev–Trinajstić information content (AvgIpc) is 2.93. The standard InChI is InChI=1S/C18H18N2/c1-19-12-15-5-2-3-7-17(15)18(13-19)14-8-10-20-9-4-6-16(20)11-14/h2-11,18H,12-13H2,1H3/t18-/m0/s1. The van der Waals surface area contributed by atoms with Crippen molar-refractivity contribution in [3.63, 3.8) is 0 Å². The Labute approximate surface area is 119 Å². The van der Waals surface area contributed by atoms with Crippen molar-refractivity contribution in [1.82, 2.24) is 9.30 Å². The van der Waals surface area contributed by atoms with E-state index in [-0.39, 0.29) is 0 Å². The molecule has 1 atom stereocenters. The largest absolute Gasteiger partial charge is 0.324 e. The highest BCUT2D eigenvalue weighted by molar-refractivity contribution is 5.52. The lowest BCUT2D eigenvalue weighted by Gasteiger charge is -2.32. The number of hydrogen-bond acceptors (Lipinski definition) is 1. The molecular weight excluding hydrogens is 244 g/mol. The Hall–Kier alpha value is -2.06. The fourth-order valence-electron chi connectivity index (χ4n) is 3.34. The predicted octanol–water partition coefficient (Wildman–Crippen LogP) is 3.52. The molecule has 4 rings (SSSR count). The van der Waals surface area contributed by atoms with Gasteiger partial charge in [-0.1, -0.05) is 24.3 Å². The van der Waals surface area contributed by atoms with Crippen molar-refractivity contribution < 1.29 is 0 Å². The molecular formula is C18H18N2. The van der Waals surface area contributed by atoms with Gasteiger partial charge in [-0.25, -0.2) is 0 Å². The van der Waals surface area contributed by atoms with E-state index in [1.807, 2.05) is 0 Å². The second-order valence-corrected chi connectivity index (χ2v) is 5.75. The van der Waals surface area contributed by atoms with Gasteiger partial charge in [0.25, 0.3) is 0 Å². The number of rotatable bonds is 1. The number of benzene rings is 1. The van der Waals surface area contributed by atoms with Crippen LogP contribution in [0, 0.1) is 0 Å². The highest BCUT2D eigenvalue weighted by Gasteiger charge is 2.24. The predicted molar refractivity (Wildman–Crippen MR) is 82.0 cm³/mol. The highest BCUT2D eigenvalue weighted by Crippen LogP contribution is 2.33. The molecule has 0 fully saturated rings. The number of hydrogen-bond donors (Lipinski definition) is 0. The van der Waals surface area contributed by atoms with Crippen molar-refractivity contribution in [3.8, 4) is 0 Å². The van der Waals surface area contributed by atoms with Crippen LogP contribution in [-0.4, -0.2) is 22.9 Å². The second-order valence-electron chi connectivity index (χ2n) is 5.75. The molecule has 2 nitrogen and oxygen atoms in total. The average molecular weight is 262 g/mol. The van der Waals surface area contributed by atoms with Crippen LogP contribution < -0.4 is 0 Å². The first-order valence-corrected chi connectivity index (χ1v) is 7.14. The molecule has 0 saturated carbocycles. The van der Waals surface area contributed by atoms with Gasteiger partial charge in [-0.05, 0) is 48.0 Å². The number of nitrogens with zero attached hydrogens (tertiary/aromatic N) is 2. The van der Waals surface area contributed by atoms with E-state index in [0.29, 0.717) is 5.92 Å². The van der Waals surface area contributed by atoms with E-state index >= 15 is 0 Å². The molecule has 100 valence electrons. The van der Waals surface area contributed by atoms with Gasteiger partial charge in [-0.15, -0.1) is 0 Å². The van der Waals surface area contributed by atoms with Crippen LogP contribution in [0.25, 0.3) is 5.52 Å². The van der Waals surface area contributed by atoms with Crippen molar-refractivity contribution in [2.24, 2.45) is 0 Å². The van der Waals surface area contributed by atoms with E-state index in [0.717, 1.165) is 13.1 Å². The SMILES string of the molecule is CN1Cc2ccccc2[C@H](c2ccn3cccc3c2)C1. The van der Waals surface area contributed by atoms with Crippen molar-refractivity contribution in [1.29, 1.82) is 0 Å². The summed E-state index contributed by atoms with van der Waals surface area (Å²) in [6.07, 6.45) is 4.27. The summed E-state index contributed by atoms with van der Waals surface area (Å²) in [5.74, 6) is 0.477. The quantitative estimate of drug-likeness (QED) is 0.651. The first-order chi connectivity index (χ1) is 9.81. The monoisotopic (exact) mass is 262 g/mol. The summed E-state index contributed by atoms with van der Waals surface area (Å²) in [6, 6.07) is 17.7. The van der Waals surface area contributed by atoms with E-state index < -0.39 is 0 Å². The minimum Gasteiger partial charge on any atom is -0.324 e. The van der Waals surface area contributed by atoms with Gasteiger partial charge in [0.15, 0.2) is 0 Å². The minimum absolute atomic E-state index is 0.477. The maximum Gasteiger partial charge on any atom is 0.0452 e. The summed E-state index contributed by atoms with van der Waals surface area (Å²) in [5.41, 5.74) is 5.63. The van der Waals surface area contributed by atoms with Crippen LogP contribution in [0.4, 0.5) is 0 Å². The molecule has 1 aliphatic heterocycles. The Morgan fingerprint density at radius 3 is 2.85 bits per heavy atom. The van der Waals surface area contributed by atoms with Crippen LogP contribution in [0.2, 0.25) is 0 Å². The summed E-state index contributed by atoms with van der Waals surface area (Å²) in [6.45, 7) is 2.15. The molecule has 0 spiro atoms. The van der Waals surface area contributed by atoms with Gasteiger partial charge in [0.1, 0.15) is 0 Å². The topological polar surface area (TPSA) is 7.65 Å². The zero-order valence-electron chi connectivity index (χ0n) is 11.7. The Kier molecular flexibility index (Phi) is 2.64. The van der Waals surface area contributed by atoms with Crippen LogP contribution >= 0.6 is 0 Å². The molecule has 0 N–H and O–H groups in total. The second kappa shape index (κ2) is 4.50. The molecule has 3 aromatic rings. The van der Waals surface area contributed by atoms with Crippen LogP contribution in [0.3, 0.4) is 0 Å². The summed E-state index contributed by atoms with van der Waals surface area (Å²) in [7, 11) is 2.21. The lowest BCUT2D eigenvalue weighted by molar-refractivity contribution is 0.295. The van der Waals surface area contributed by atoms with E-state index in [2.05, 4.69) is 77.3 Å². The fraction of sp³-hybridized carbons (Fsp3) is 0.222. The lowest BCUT2D eigenvalue weighted by Crippen LogP contribution is -2.30. The molecule has 3 heterocycles. The molecule has 20 heavy (non-hydrogen) atoms. The molecule has 0 saturated heterocycles. The van der Waals surface area contributed by atoms with Gasteiger partial charge >= 0.3 is 0 Å². The van der Waals surface area contributed by atoms with E-state index in [1.165, 1.54) is 22.2 Å². The summed E-state index contributed by atoms with van der Waals surface area (Å²) >= 11 is 0. The first-order valence-electron chi connectivity index (χ1n) is 7.14. The van der Waals surface area contributed by atoms with Crippen LogP contribution in [0.5, 0.6) is 0 Å². The van der Waals surface area contributed by atoms with Crippen molar-refractivity contribution in [2.75, 3.05) is 13.6 Å². The number of pyridine rings is 1. The van der Waals surface area contributed by atoms with Gasteiger partial charge in [-0.2, -0.15) is 0 Å². The van der Waals surface area contributed by atoms with Crippen molar-refractivity contribution >= 4 is 5.52 Å². The van der Waals surface area contributed by atoms with E-state index in [9.17, 15) is 0 Å². The maximum absolute atomic E-state index is 2.41. The number of fused-ring (bicyclic) bond motifs is 2. The molecule has 0 unspecified atom stereocenters. The molecule has 2 heteroatoms. The third-order valence-corrected chi connectivity index (χ3v) is 4.32. The van der Waals surface area contributed by atoms with Crippen LogP contribution in [-0.2, 0) is 6.54 Å². The minimum atomic E-state index is 0.477. The van der Waals surface area contributed by atoms with E-state index in [4.69, 9.17) is 0 Å². The molecule has 2 aromatic heterocycles. The molecule has 0 aliphatic carbocycles. The molecule has 0 bridgehead atoms. The Morgan fingerprint density at radius 2 is 1.90 bits per heavy atom. The van der Waals surface area contributed by atoms with Crippen LogP contribution in [0.1, 0.15) is 22.6 Å². The van der Waals surface area contributed by atoms with Gasteiger partial charge in [0.05, 0.1) is 0 Å². The third kappa shape index (κ3) is 1.84. The number of aromatic nitrogens is 1. The summed E-state index contributed by atoms with van der Waals surface area (Å²) in [4.78, 5) is 2.41. The van der Waals surface area contributed by atoms with Gasteiger partial charge in [0, 0.05) is 36.9 Å².